The molecule has 2 heterocycles. The second-order valence-electron chi connectivity index (χ2n) is 9.96. The Kier molecular flexibility index (Phi) is 12.4. The van der Waals surface area contributed by atoms with Gasteiger partial charge in [-0.15, -0.1) is 26.3 Å². The number of likely N-dealkylation sites (tertiary alicyclic amines) is 2. The van der Waals surface area contributed by atoms with Gasteiger partial charge in [0.15, 0.2) is 11.9 Å². The summed E-state index contributed by atoms with van der Waals surface area (Å²) in [5, 5.41) is 0. The van der Waals surface area contributed by atoms with E-state index in [4.69, 9.17) is 22.9 Å². The number of piperidine rings is 1. The van der Waals surface area contributed by atoms with E-state index in [2.05, 4.69) is 29.4 Å². The van der Waals surface area contributed by atoms with Crippen LogP contribution in [0.2, 0.25) is 0 Å². The molecule has 2 aromatic carbocycles. The standard InChI is InChI=1S/C14H17F4N5O.C13H15F4N5O/c15-9-5-7-23(8-6-9)13(20)22-12(19)21-10-1-3-11(4-2-10)24-14(16,17)18;14-8-5-6-22(7-8)12(19)21-11(18)20-9-1-3-10(4-2-9)23-13(15,16)17/h1-4,9H,5-8H2,(H4,19,20,21,22);1-4,8H,5-7H2,(H4,18,19,20,21)/t;8-/m.1/s1. The summed E-state index contributed by atoms with van der Waals surface area (Å²) in [6, 6.07) is 9.59. The van der Waals surface area contributed by atoms with Gasteiger partial charge in [-0.1, -0.05) is 0 Å². The summed E-state index contributed by atoms with van der Waals surface area (Å²) in [5.41, 5.74) is 23.3. The lowest BCUT2D eigenvalue weighted by Gasteiger charge is -2.29. The van der Waals surface area contributed by atoms with Crippen LogP contribution in [0.3, 0.4) is 0 Å². The molecule has 0 spiro atoms. The first-order valence-electron chi connectivity index (χ1n) is 13.8. The van der Waals surface area contributed by atoms with Crippen LogP contribution in [-0.2, 0) is 0 Å². The average Bonchev–Trinajstić information content (AvgIpc) is 3.41. The van der Waals surface area contributed by atoms with Crippen LogP contribution in [0.1, 0.15) is 19.3 Å². The molecule has 2 aliphatic rings. The monoisotopic (exact) mass is 680 g/mol. The fraction of sp³-hybridized carbons (Fsp3) is 0.407. The second-order valence-corrected chi connectivity index (χ2v) is 9.96. The zero-order valence-corrected chi connectivity index (χ0v) is 24.6. The molecule has 8 N–H and O–H groups in total. The Balaban J connectivity index is 0.000000256. The van der Waals surface area contributed by atoms with Crippen molar-refractivity contribution < 1.29 is 44.6 Å². The molecule has 0 saturated carbocycles. The van der Waals surface area contributed by atoms with E-state index in [1.807, 2.05) is 0 Å². The third-order valence-electron chi connectivity index (χ3n) is 6.29. The number of rotatable bonds is 4. The van der Waals surface area contributed by atoms with Crippen molar-refractivity contribution in [2.24, 2.45) is 42.9 Å². The van der Waals surface area contributed by atoms with Gasteiger partial charge in [0.25, 0.3) is 0 Å². The summed E-state index contributed by atoms with van der Waals surface area (Å²) >= 11 is 0. The summed E-state index contributed by atoms with van der Waals surface area (Å²) in [6.45, 7) is 1.46. The Morgan fingerprint density at radius 2 is 0.957 bits per heavy atom. The highest BCUT2D eigenvalue weighted by Gasteiger charge is 2.31. The molecule has 0 amide bonds. The number of alkyl halides is 8. The molecule has 1 atom stereocenters. The summed E-state index contributed by atoms with van der Waals surface area (Å²) in [7, 11) is 0. The van der Waals surface area contributed by atoms with Gasteiger partial charge in [0.1, 0.15) is 23.8 Å². The molecule has 2 saturated heterocycles. The Bertz CT molecular complexity index is 1420. The molecule has 2 fully saturated rings. The Morgan fingerprint density at radius 3 is 1.32 bits per heavy atom. The quantitative estimate of drug-likeness (QED) is 0.211. The minimum atomic E-state index is -4.76. The zero-order chi connectivity index (χ0) is 34.8. The molecular weight excluding hydrogens is 648 g/mol. The van der Waals surface area contributed by atoms with Crippen LogP contribution in [0.5, 0.6) is 11.5 Å². The molecule has 2 aromatic rings. The maximum atomic E-state index is 13.1. The van der Waals surface area contributed by atoms with Crippen LogP contribution in [-0.4, -0.2) is 84.9 Å². The number of halogens is 8. The lowest BCUT2D eigenvalue weighted by atomic mass is 10.1. The summed E-state index contributed by atoms with van der Waals surface area (Å²) in [5.74, 6) is -0.904. The maximum absolute atomic E-state index is 13.1. The van der Waals surface area contributed by atoms with Crippen molar-refractivity contribution in [1.29, 1.82) is 0 Å². The number of ether oxygens (including phenoxy) is 2. The average molecular weight is 681 g/mol. The first kappa shape index (κ1) is 36.4. The lowest BCUT2D eigenvalue weighted by molar-refractivity contribution is -0.275. The second kappa shape index (κ2) is 16.0. The topological polar surface area (TPSA) is 178 Å². The number of hydrogen-bond acceptors (Lipinski definition) is 4. The van der Waals surface area contributed by atoms with Crippen molar-refractivity contribution in [2.45, 2.75) is 44.3 Å². The van der Waals surface area contributed by atoms with Crippen LogP contribution in [0.4, 0.5) is 46.5 Å². The Morgan fingerprint density at radius 1 is 0.596 bits per heavy atom. The van der Waals surface area contributed by atoms with Gasteiger partial charge in [-0.25, -0.2) is 18.8 Å². The normalized spacial score (nSPS) is 18.9. The van der Waals surface area contributed by atoms with Crippen molar-refractivity contribution in [3.63, 3.8) is 0 Å². The summed E-state index contributed by atoms with van der Waals surface area (Å²) in [4.78, 5) is 18.8. The van der Waals surface area contributed by atoms with E-state index in [9.17, 15) is 35.1 Å². The van der Waals surface area contributed by atoms with E-state index >= 15 is 0 Å². The van der Waals surface area contributed by atoms with E-state index in [-0.39, 0.29) is 47.6 Å². The fourth-order valence-electron chi connectivity index (χ4n) is 4.14. The van der Waals surface area contributed by atoms with Crippen LogP contribution >= 0.6 is 0 Å². The van der Waals surface area contributed by atoms with Crippen molar-refractivity contribution in [3.8, 4) is 11.5 Å². The molecule has 0 bridgehead atoms. The van der Waals surface area contributed by atoms with Crippen molar-refractivity contribution in [3.05, 3.63) is 48.5 Å². The highest BCUT2D eigenvalue weighted by atomic mass is 19.4. The molecule has 0 radical (unpaired) electrons. The van der Waals surface area contributed by atoms with Crippen LogP contribution in [0.15, 0.2) is 68.5 Å². The molecule has 47 heavy (non-hydrogen) atoms. The smallest absolute Gasteiger partial charge is 0.406 e. The molecule has 4 rings (SSSR count). The number of benzene rings is 2. The van der Waals surface area contributed by atoms with Crippen LogP contribution in [0, 0.1) is 0 Å². The molecule has 258 valence electrons. The number of aliphatic imine (C=N–C) groups is 4. The Hall–Kier alpha value is -5.04. The summed E-state index contributed by atoms with van der Waals surface area (Å²) in [6.07, 6.45) is -10.2. The first-order chi connectivity index (χ1) is 22.0. The van der Waals surface area contributed by atoms with Gasteiger partial charge in [0, 0.05) is 19.6 Å². The van der Waals surface area contributed by atoms with Gasteiger partial charge < -0.3 is 42.2 Å². The maximum Gasteiger partial charge on any atom is 0.573 e. The molecule has 0 aromatic heterocycles. The third kappa shape index (κ3) is 13.5. The predicted octanol–water partition coefficient (Wildman–Crippen LogP) is 4.17. The van der Waals surface area contributed by atoms with Gasteiger partial charge in [-0.05, 0) is 67.8 Å². The van der Waals surface area contributed by atoms with E-state index in [0.29, 0.717) is 44.6 Å². The van der Waals surface area contributed by atoms with E-state index < -0.39 is 25.1 Å². The number of nitrogens with zero attached hydrogens (tertiary/aromatic N) is 6. The van der Waals surface area contributed by atoms with E-state index in [1.54, 1.807) is 4.90 Å². The highest BCUT2D eigenvalue weighted by molar-refractivity contribution is 5.95. The number of guanidine groups is 4. The Labute approximate surface area is 263 Å². The fourth-order valence-corrected chi connectivity index (χ4v) is 4.14. The largest absolute Gasteiger partial charge is 0.573 e. The minimum Gasteiger partial charge on any atom is -0.406 e. The van der Waals surface area contributed by atoms with Gasteiger partial charge in [0.2, 0.25) is 11.9 Å². The zero-order valence-electron chi connectivity index (χ0n) is 24.6. The molecule has 2 aliphatic heterocycles. The van der Waals surface area contributed by atoms with Gasteiger partial charge in [-0.2, -0.15) is 9.98 Å². The van der Waals surface area contributed by atoms with E-state index in [0.717, 1.165) is 24.3 Å². The van der Waals surface area contributed by atoms with Crippen molar-refractivity contribution in [2.75, 3.05) is 26.2 Å². The number of hydrogen-bond donors (Lipinski definition) is 4. The van der Waals surface area contributed by atoms with Crippen LogP contribution in [0.25, 0.3) is 0 Å². The molecule has 20 heteroatoms. The van der Waals surface area contributed by atoms with Gasteiger partial charge >= 0.3 is 12.7 Å². The highest BCUT2D eigenvalue weighted by Crippen LogP contribution is 2.26. The van der Waals surface area contributed by atoms with E-state index in [1.165, 1.54) is 29.2 Å². The van der Waals surface area contributed by atoms with Gasteiger partial charge in [0.05, 0.1) is 17.9 Å². The van der Waals surface area contributed by atoms with Crippen molar-refractivity contribution >= 4 is 35.2 Å². The molecule has 0 aliphatic carbocycles. The number of nitrogens with two attached hydrogens (primary N) is 4. The lowest BCUT2D eigenvalue weighted by Crippen LogP contribution is -2.44. The third-order valence-corrected chi connectivity index (χ3v) is 6.29. The SMILES string of the molecule is NC(=Nc1ccc(OC(F)(F)F)cc1)N=C(N)N1CCC(F)CC1.NC(=Nc1ccc(OC(F)(F)F)cc1)N=C(N)N1CC[C@@H](F)C1. The molecule has 12 nitrogen and oxygen atoms in total. The van der Waals surface area contributed by atoms with Crippen molar-refractivity contribution in [1.82, 2.24) is 9.80 Å². The molecular formula is C27H32F8N10O2. The van der Waals surface area contributed by atoms with Crippen LogP contribution < -0.4 is 32.4 Å². The van der Waals surface area contributed by atoms with Gasteiger partial charge in [-0.3, -0.25) is 0 Å². The predicted molar refractivity (Wildman–Crippen MR) is 159 cm³/mol. The minimum absolute atomic E-state index is 0.0448. The molecule has 0 unspecified atom stereocenters. The first-order valence-corrected chi connectivity index (χ1v) is 13.8. The summed E-state index contributed by atoms with van der Waals surface area (Å²) < 4.78 is 106.